The van der Waals surface area contributed by atoms with Crippen molar-refractivity contribution >= 4 is 50.4 Å². The van der Waals surface area contributed by atoms with Crippen molar-refractivity contribution in [3.05, 3.63) is 83.1 Å². The number of para-hydroxylation sites is 1. The van der Waals surface area contributed by atoms with E-state index in [0.29, 0.717) is 5.39 Å². The topological polar surface area (TPSA) is 228 Å². The van der Waals surface area contributed by atoms with Gasteiger partial charge in [0.15, 0.2) is 4.90 Å². The van der Waals surface area contributed by atoms with Crippen molar-refractivity contribution in [3.63, 3.8) is 0 Å². The highest BCUT2D eigenvalue weighted by molar-refractivity contribution is 7.89. The molecule has 18 heteroatoms. The summed E-state index contributed by atoms with van der Waals surface area (Å²) in [6, 6.07) is 10.9. The molecule has 0 spiro atoms. The Morgan fingerprint density at radius 3 is 2.55 bits per heavy atom. The molecule has 292 valence electrons. The van der Waals surface area contributed by atoms with E-state index in [2.05, 4.69) is 15.6 Å². The minimum Gasteiger partial charge on any atom is -0.479 e. The number of nitro benzene ring substituents is 1. The number of aliphatic carboxylic acids is 1. The van der Waals surface area contributed by atoms with E-state index < -0.39 is 91.2 Å². The van der Waals surface area contributed by atoms with Crippen LogP contribution in [-0.4, -0.2) is 105 Å². The first kappa shape index (κ1) is 39.1. The van der Waals surface area contributed by atoms with Gasteiger partial charge in [-0.3, -0.25) is 19.7 Å². The lowest BCUT2D eigenvalue weighted by Crippen LogP contribution is -2.59. The molecule has 1 aliphatic carbocycles. The molecule has 2 aromatic carbocycles. The maximum absolute atomic E-state index is 14.8. The number of alkyl carbamates (subject to hydrolysis) is 1. The van der Waals surface area contributed by atoms with Crippen molar-refractivity contribution in [2.45, 2.75) is 80.7 Å². The molecule has 17 nitrogen and oxygen atoms in total. The first-order valence-corrected chi connectivity index (χ1v) is 19.2. The summed E-state index contributed by atoms with van der Waals surface area (Å²) in [5.41, 5.74) is -3.34. The molecule has 5 atom stereocenters. The second-order valence-corrected chi connectivity index (χ2v) is 16.7. The summed E-state index contributed by atoms with van der Waals surface area (Å²) in [5.74, 6) is -3.27. The molecule has 3 aliphatic rings. The van der Waals surface area contributed by atoms with E-state index in [-0.39, 0.29) is 44.7 Å². The number of allylic oxidation sites excluding steroid dienone is 1. The maximum atomic E-state index is 14.8. The Bertz CT molecular complexity index is 2150. The number of fused-ring (bicyclic) bond motifs is 3. The minimum absolute atomic E-state index is 0.0894. The number of carboxylic acid groups (broad SMARTS) is 1. The van der Waals surface area contributed by atoms with Crippen LogP contribution in [0.15, 0.2) is 77.8 Å². The SMILES string of the molecule is CC(C)(C)OC(=O)N[C@H]1CN(S(=O)(=O)c2ccccc2[N+](=O)[O-])CCC/C=C\[C@@H]2C[C@@]2(C(=O)O)NC(=O)[C@@H]2C[C@@H](Oc3nccc4ccccc34)CN2C1=O. The molecule has 6 rings (SSSR count). The Balaban J connectivity index is 1.42. The van der Waals surface area contributed by atoms with Crippen LogP contribution in [0.5, 0.6) is 5.88 Å². The van der Waals surface area contributed by atoms with E-state index in [1.165, 1.54) is 12.1 Å². The third-order valence-electron chi connectivity index (χ3n) is 9.71. The predicted octanol–water partition coefficient (Wildman–Crippen LogP) is 3.39. The number of rotatable bonds is 7. The van der Waals surface area contributed by atoms with Gasteiger partial charge in [-0.25, -0.2) is 23.0 Å². The molecular formula is C37H42N6O11S. The lowest BCUT2D eigenvalue weighted by molar-refractivity contribution is -0.387. The van der Waals surface area contributed by atoms with Crippen LogP contribution in [0.4, 0.5) is 10.5 Å². The van der Waals surface area contributed by atoms with Crippen LogP contribution >= 0.6 is 0 Å². The number of ether oxygens (including phenoxy) is 2. The molecule has 55 heavy (non-hydrogen) atoms. The maximum Gasteiger partial charge on any atom is 0.408 e. The molecule has 0 bridgehead atoms. The van der Waals surface area contributed by atoms with Crippen molar-refractivity contribution < 1.29 is 47.1 Å². The van der Waals surface area contributed by atoms with Gasteiger partial charge in [0.25, 0.3) is 5.69 Å². The molecule has 1 saturated heterocycles. The van der Waals surface area contributed by atoms with Crippen molar-refractivity contribution in [3.8, 4) is 5.88 Å². The van der Waals surface area contributed by atoms with Crippen LogP contribution < -0.4 is 15.4 Å². The van der Waals surface area contributed by atoms with Gasteiger partial charge in [0.05, 0.1) is 11.5 Å². The van der Waals surface area contributed by atoms with E-state index in [1.54, 1.807) is 57.3 Å². The Kier molecular flexibility index (Phi) is 10.8. The van der Waals surface area contributed by atoms with E-state index >= 15 is 0 Å². The molecule has 2 fully saturated rings. The van der Waals surface area contributed by atoms with Gasteiger partial charge in [-0.2, -0.15) is 4.31 Å². The highest BCUT2D eigenvalue weighted by Gasteiger charge is 2.61. The second-order valence-electron chi connectivity index (χ2n) is 14.8. The average molecular weight is 779 g/mol. The number of nitrogens with one attached hydrogen (secondary N) is 2. The number of nitro groups is 1. The van der Waals surface area contributed by atoms with E-state index in [0.717, 1.165) is 26.7 Å². The lowest BCUT2D eigenvalue weighted by atomic mass is 10.1. The molecule has 2 aliphatic heterocycles. The number of carbonyl (C=O) groups is 4. The number of carbonyl (C=O) groups excluding carboxylic acids is 3. The predicted molar refractivity (Wildman–Crippen MR) is 196 cm³/mol. The van der Waals surface area contributed by atoms with Crippen LogP contribution in [0.1, 0.15) is 46.5 Å². The summed E-state index contributed by atoms with van der Waals surface area (Å²) in [7, 11) is -4.69. The van der Waals surface area contributed by atoms with Gasteiger partial charge >= 0.3 is 12.1 Å². The van der Waals surface area contributed by atoms with Gasteiger partial charge in [-0.15, -0.1) is 0 Å². The number of benzene rings is 2. The third-order valence-corrected chi connectivity index (χ3v) is 11.6. The fourth-order valence-electron chi connectivity index (χ4n) is 6.95. The summed E-state index contributed by atoms with van der Waals surface area (Å²) in [5, 5.41) is 28.8. The number of carboxylic acids is 1. The standard InChI is InChI=1S/C37H42N6O11S/c1-36(2,3)54-35(48)39-27-22-41(55(51,52)30-15-9-8-14-28(30)43(49)50)18-10-4-5-12-24-20-37(24,34(46)47)40-31(44)29-19-25(21-42(29)33(27)45)53-32-26-13-7-6-11-23(26)16-17-38-32/h5-9,11-17,24-25,27,29H,4,10,18-22H2,1-3H3,(H,39,48)(H,40,44)(H,46,47)/b12-5-/t24-,25-,27+,29+,37-/m1/s1. The molecule has 0 unspecified atom stereocenters. The van der Waals surface area contributed by atoms with Crippen LogP contribution in [0.2, 0.25) is 0 Å². The van der Waals surface area contributed by atoms with Crippen LogP contribution in [0, 0.1) is 16.0 Å². The number of pyridine rings is 1. The van der Waals surface area contributed by atoms with Gasteiger partial charge in [-0.1, -0.05) is 42.5 Å². The molecule has 3 amide bonds. The van der Waals surface area contributed by atoms with Gasteiger partial charge < -0.3 is 30.1 Å². The highest BCUT2D eigenvalue weighted by atomic mass is 32.2. The Morgan fingerprint density at radius 1 is 1.09 bits per heavy atom. The Morgan fingerprint density at radius 2 is 1.82 bits per heavy atom. The highest BCUT2D eigenvalue weighted by Crippen LogP contribution is 2.45. The Hall–Kier alpha value is -5.62. The van der Waals surface area contributed by atoms with Gasteiger partial charge in [-0.05, 0) is 63.6 Å². The van der Waals surface area contributed by atoms with Gasteiger partial charge in [0.2, 0.25) is 27.7 Å². The molecule has 1 saturated carbocycles. The molecule has 3 heterocycles. The number of amides is 3. The van der Waals surface area contributed by atoms with Gasteiger partial charge in [0.1, 0.15) is 29.3 Å². The molecule has 1 aromatic heterocycles. The fraction of sp³-hybridized carbons (Fsp3) is 0.432. The van der Waals surface area contributed by atoms with Crippen molar-refractivity contribution in [1.29, 1.82) is 0 Å². The smallest absolute Gasteiger partial charge is 0.408 e. The van der Waals surface area contributed by atoms with Crippen LogP contribution in [-0.2, 0) is 29.1 Å². The molecule has 0 radical (unpaired) electrons. The van der Waals surface area contributed by atoms with E-state index in [4.69, 9.17) is 9.47 Å². The number of aromatic nitrogens is 1. The van der Waals surface area contributed by atoms with Crippen molar-refractivity contribution in [1.82, 2.24) is 24.8 Å². The minimum atomic E-state index is -4.69. The van der Waals surface area contributed by atoms with Crippen molar-refractivity contribution in [2.24, 2.45) is 5.92 Å². The average Bonchev–Trinajstić information content (AvgIpc) is 3.66. The van der Waals surface area contributed by atoms with Crippen molar-refractivity contribution in [2.75, 3.05) is 19.6 Å². The Labute approximate surface area is 316 Å². The largest absolute Gasteiger partial charge is 0.479 e. The van der Waals surface area contributed by atoms with Crippen LogP contribution in [0.25, 0.3) is 10.8 Å². The first-order valence-electron chi connectivity index (χ1n) is 17.8. The second kappa shape index (κ2) is 15.3. The van der Waals surface area contributed by atoms with Crippen LogP contribution in [0.3, 0.4) is 0 Å². The molecular weight excluding hydrogens is 737 g/mol. The number of sulfonamides is 1. The zero-order valence-corrected chi connectivity index (χ0v) is 31.2. The monoisotopic (exact) mass is 778 g/mol. The molecule has 3 N–H and O–H groups in total. The normalized spacial score (nSPS) is 25.7. The van der Waals surface area contributed by atoms with E-state index in [1.807, 2.05) is 12.1 Å². The quantitative estimate of drug-likeness (QED) is 0.178. The molecule has 3 aromatic rings. The lowest BCUT2D eigenvalue weighted by Gasteiger charge is -2.32. The summed E-state index contributed by atoms with van der Waals surface area (Å²) in [6.07, 6.45) is 3.38. The zero-order valence-electron chi connectivity index (χ0n) is 30.4. The summed E-state index contributed by atoms with van der Waals surface area (Å²) < 4.78 is 41.2. The summed E-state index contributed by atoms with van der Waals surface area (Å²) in [4.78, 5) is 70.7. The number of hydrogen-bond donors (Lipinski definition) is 3. The first-order chi connectivity index (χ1) is 26.0. The summed E-state index contributed by atoms with van der Waals surface area (Å²) in [6.45, 7) is 3.62. The third kappa shape index (κ3) is 8.39. The van der Waals surface area contributed by atoms with Gasteiger partial charge in [0, 0.05) is 43.1 Å². The number of nitrogens with zero attached hydrogens (tertiary/aromatic N) is 4. The van der Waals surface area contributed by atoms with E-state index in [9.17, 15) is 42.8 Å². The summed E-state index contributed by atoms with van der Waals surface area (Å²) >= 11 is 0. The fourth-order valence-corrected chi connectivity index (χ4v) is 8.60. The number of hydrogen-bond acceptors (Lipinski definition) is 11. The zero-order chi connectivity index (χ0) is 39.7.